The standard InChI is InChI=1S/C16H32N2O2/c1-12(2)18(6)11-14(19)17-10-13-8-7-9-20-15(13)16(3,4)5/h12-13,15H,7-11H2,1-6H3,(H,17,19)/t13-,15+/m1/s1. The maximum absolute atomic E-state index is 12.0. The fraction of sp³-hybridized carbons (Fsp3) is 0.938. The molecule has 0 aliphatic carbocycles. The zero-order valence-electron chi connectivity index (χ0n) is 14.0. The lowest BCUT2D eigenvalue weighted by Gasteiger charge is -2.40. The molecule has 1 N–H and O–H groups in total. The van der Waals surface area contributed by atoms with Crippen LogP contribution in [0.4, 0.5) is 0 Å². The first-order valence-electron chi connectivity index (χ1n) is 7.80. The average Bonchev–Trinajstić information content (AvgIpc) is 2.35. The molecule has 1 saturated heterocycles. The molecular formula is C16H32N2O2. The largest absolute Gasteiger partial charge is 0.377 e. The van der Waals surface area contributed by atoms with Gasteiger partial charge in [0.2, 0.25) is 5.91 Å². The second-order valence-electron chi connectivity index (χ2n) is 7.37. The summed E-state index contributed by atoms with van der Waals surface area (Å²) >= 11 is 0. The first-order valence-corrected chi connectivity index (χ1v) is 7.80. The number of nitrogens with one attached hydrogen (secondary N) is 1. The Morgan fingerprint density at radius 1 is 1.40 bits per heavy atom. The summed E-state index contributed by atoms with van der Waals surface area (Å²) in [6, 6.07) is 0.390. The van der Waals surface area contributed by atoms with Crippen LogP contribution in [0.15, 0.2) is 0 Å². The smallest absolute Gasteiger partial charge is 0.234 e. The normalized spacial score (nSPS) is 24.2. The molecule has 0 spiro atoms. The van der Waals surface area contributed by atoms with E-state index in [2.05, 4.69) is 39.9 Å². The van der Waals surface area contributed by atoms with Gasteiger partial charge in [0, 0.05) is 25.1 Å². The Balaban J connectivity index is 2.44. The van der Waals surface area contributed by atoms with E-state index < -0.39 is 0 Å². The molecule has 0 bridgehead atoms. The molecule has 1 aliphatic rings. The summed E-state index contributed by atoms with van der Waals surface area (Å²) in [6.45, 7) is 12.9. The summed E-state index contributed by atoms with van der Waals surface area (Å²) in [5, 5.41) is 3.08. The highest BCUT2D eigenvalue weighted by molar-refractivity contribution is 5.78. The van der Waals surface area contributed by atoms with Gasteiger partial charge in [-0.15, -0.1) is 0 Å². The molecule has 0 aromatic rings. The summed E-state index contributed by atoms with van der Waals surface area (Å²) in [7, 11) is 1.98. The number of hydrogen-bond acceptors (Lipinski definition) is 3. The van der Waals surface area contributed by atoms with Gasteiger partial charge >= 0.3 is 0 Å². The Hall–Kier alpha value is -0.610. The number of amides is 1. The summed E-state index contributed by atoms with van der Waals surface area (Å²) in [4.78, 5) is 14.0. The third kappa shape index (κ3) is 5.41. The zero-order valence-corrected chi connectivity index (χ0v) is 14.0. The fourth-order valence-corrected chi connectivity index (χ4v) is 2.72. The lowest BCUT2D eigenvalue weighted by Crippen LogP contribution is -2.47. The third-order valence-corrected chi connectivity index (χ3v) is 4.13. The van der Waals surface area contributed by atoms with Crippen LogP contribution in [0, 0.1) is 11.3 Å². The Morgan fingerprint density at radius 2 is 2.05 bits per heavy atom. The van der Waals surface area contributed by atoms with Crippen LogP contribution in [-0.4, -0.2) is 49.7 Å². The number of carbonyl (C=O) groups is 1. The first-order chi connectivity index (χ1) is 9.21. The maximum Gasteiger partial charge on any atom is 0.234 e. The van der Waals surface area contributed by atoms with Gasteiger partial charge < -0.3 is 10.1 Å². The Labute approximate surface area is 124 Å². The minimum absolute atomic E-state index is 0.111. The highest BCUT2D eigenvalue weighted by Gasteiger charge is 2.35. The zero-order chi connectivity index (χ0) is 15.3. The van der Waals surface area contributed by atoms with Gasteiger partial charge in [0.25, 0.3) is 0 Å². The van der Waals surface area contributed by atoms with E-state index in [4.69, 9.17) is 4.74 Å². The highest BCUT2D eigenvalue weighted by Crippen LogP contribution is 2.33. The van der Waals surface area contributed by atoms with Crippen molar-refractivity contribution in [3.8, 4) is 0 Å². The number of carbonyl (C=O) groups excluding carboxylic acids is 1. The predicted molar refractivity (Wildman–Crippen MR) is 82.7 cm³/mol. The van der Waals surface area contributed by atoms with Crippen LogP contribution >= 0.6 is 0 Å². The van der Waals surface area contributed by atoms with Gasteiger partial charge in [0.1, 0.15) is 0 Å². The maximum atomic E-state index is 12.0. The SMILES string of the molecule is CC(C)N(C)CC(=O)NC[C@H]1CCCO[C@@H]1C(C)(C)C. The van der Waals surface area contributed by atoms with Gasteiger partial charge in [-0.05, 0) is 39.2 Å². The molecule has 0 unspecified atom stereocenters. The van der Waals surface area contributed by atoms with Crippen LogP contribution in [0.5, 0.6) is 0 Å². The average molecular weight is 284 g/mol. The van der Waals surface area contributed by atoms with Gasteiger partial charge in [-0.25, -0.2) is 0 Å². The van der Waals surface area contributed by atoms with E-state index in [1.165, 1.54) is 0 Å². The van der Waals surface area contributed by atoms with Crippen molar-refractivity contribution in [2.45, 2.75) is 59.6 Å². The molecule has 20 heavy (non-hydrogen) atoms. The number of rotatable bonds is 5. The van der Waals surface area contributed by atoms with Crippen LogP contribution in [0.25, 0.3) is 0 Å². The second kappa shape index (κ2) is 7.41. The number of nitrogens with zero attached hydrogens (tertiary/aromatic N) is 1. The van der Waals surface area contributed by atoms with Gasteiger partial charge in [-0.2, -0.15) is 0 Å². The Bertz CT molecular complexity index is 310. The summed E-state index contributed by atoms with van der Waals surface area (Å²) in [5.41, 5.74) is 0.130. The molecule has 1 rings (SSSR count). The van der Waals surface area contributed by atoms with Crippen molar-refractivity contribution < 1.29 is 9.53 Å². The second-order valence-corrected chi connectivity index (χ2v) is 7.37. The molecular weight excluding hydrogens is 252 g/mol. The van der Waals surface area contributed by atoms with Crippen LogP contribution in [0.1, 0.15) is 47.5 Å². The number of hydrogen-bond donors (Lipinski definition) is 1. The molecule has 118 valence electrons. The van der Waals surface area contributed by atoms with E-state index >= 15 is 0 Å². The minimum Gasteiger partial charge on any atom is -0.377 e. The van der Waals surface area contributed by atoms with E-state index in [0.717, 1.165) is 26.0 Å². The van der Waals surface area contributed by atoms with E-state index in [1.807, 2.05) is 11.9 Å². The fourth-order valence-electron chi connectivity index (χ4n) is 2.72. The lowest BCUT2D eigenvalue weighted by molar-refractivity contribution is -0.124. The van der Waals surface area contributed by atoms with Gasteiger partial charge in [-0.3, -0.25) is 9.69 Å². The van der Waals surface area contributed by atoms with Crippen molar-refractivity contribution >= 4 is 5.91 Å². The monoisotopic (exact) mass is 284 g/mol. The predicted octanol–water partition coefficient (Wildman–Crippen LogP) is 2.28. The molecule has 2 atom stereocenters. The van der Waals surface area contributed by atoms with Crippen LogP contribution in [0.2, 0.25) is 0 Å². The van der Waals surface area contributed by atoms with Crippen molar-refractivity contribution in [3.05, 3.63) is 0 Å². The summed E-state index contributed by atoms with van der Waals surface area (Å²) in [5.74, 6) is 0.538. The van der Waals surface area contributed by atoms with Gasteiger partial charge in [-0.1, -0.05) is 20.8 Å². The molecule has 0 aromatic carbocycles. The Kier molecular flexibility index (Phi) is 6.46. The number of likely N-dealkylation sites (N-methyl/N-ethyl adjacent to an activating group) is 1. The van der Waals surface area contributed by atoms with Crippen molar-refractivity contribution in [2.24, 2.45) is 11.3 Å². The van der Waals surface area contributed by atoms with Crippen LogP contribution in [0.3, 0.4) is 0 Å². The molecule has 1 heterocycles. The minimum atomic E-state index is 0.111. The van der Waals surface area contributed by atoms with Crippen LogP contribution in [-0.2, 0) is 9.53 Å². The molecule has 0 radical (unpaired) electrons. The highest BCUT2D eigenvalue weighted by atomic mass is 16.5. The molecule has 1 fully saturated rings. The molecule has 4 heteroatoms. The lowest BCUT2D eigenvalue weighted by atomic mass is 9.78. The van der Waals surface area contributed by atoms with E-state index in [0.29, 0.717) is 18.5 Å². The van der Waals surface area contributed by atoms with Gasteiger partial charge in [0.15, 0.2) is 0 Å². The Morgan fingerprint density at radius 3 is 2.60 bits per heavy atom. The van der Waals surface area contributed by atoms with Crippen molar-refractivity contribution in [1.29, 1.82) is 0 Å². The molecule has 0 saturated carbocycles. The van der Waals surface area contributed by atoms with Gasteiger partial charge in [0.05, 0.1) is 12.6 Å². The molecule has 1 amide bonds. The summed E-state index contributed by atoms with van der Waals surface area (Å²) in [6.07, 6.45) is 2.47. The third-order valence-electron chi connectivity index (χ3n) is 4.13. The summed E-state index contributed by atoms with van der Waals surface area (Å²) < 4.78 is 5.94. The molecule has 1 aliphatic heterocycles. The van der Waals surface area contributed by atoms with Crippen molar-refractivity contribution in [2.75, 3.05) is 26.7 Å². The molecule has 4 nitrogen and oxygen atoms in total. The van der Waals surface area contributed by atoms with Crippen molar-refractivity contribution in [3.63, 3.8) is 0 Å². The van der Waals surface area contributed by atoms with E-state index in [1.54, 1.807) is 0 Å². The number of ether oxygens (including phenoxy) is 1. The molecule has 0 aromatic heterocycles. The van der Waals surface area contributed by atoms with Crippen molar-refractivity contribution in [1.82, 2.24) is 10.2 Å². The topological polar surface area (TPSA) is 41.6 Å². The first kappa shape index (κ1) is 17.4. The quantitative estimate of drug-likeness (QED) is 0.842. The van der Waals surface area contributed by atoms with E-state index in [-0.39, 0.29) is 17.4 Å². The van der Waals surface area contributed by atoms with E-state index in [9.17, 15) is 4.79 Å². The van der Waals surface area contributed by atoms with Crippen LogP contribution < -0.4 is 5.32 Å².